The largest absolute Gasteiger partial charge is 0.472 e. The summed E-state index contributed by atoms with van der Waals surface area (Å²) in [6.45, 7) is 3.21. The van der Waals surface area contributed by atoms with Crippen LogP contribution in [0.15, 0.2) is 36.5 Å². The number of likely N-dealkylation sites (tertiary alicyclic amines) is 1. The second kappa shape index (κ2) is 4.58. The van der Waals surface area contributed by atoms with E-state index >= 15 is 0 Å². The summed E-state index contributed by atoms with van der Waals surface area (Å²) in [5.41, 5.74) is 0. The van der Waals surface area contributed by atoms with Crippen molar-refractivity contribution in [2.24, 2.45) is 0 Å². The molecule has 2 aromatic rings. The van der Waals surface area contributed by atoms with Crippen molar-refractivity contribution in [3.63, 3.8) is 0 Å². The zero-order valence-corrected chi connectivity index (χ0v) is 10.8. The van der Waals surface area contributed by atoms with Gasteiger partial charge in [0.05, 0.1) is 0 Å². The van der Waals surface area contributed by atoms with Crippen molar-refractivity contribution in [2.75, 3.05) is 13.6 Å². The second-order valence-corrected chi connectivity index (χ2v) is 5.10. The van der Waals surface area contributed by atoms with E-state index in [1.54, 1.807) is 0 Å². The van der Waals surface area contributed by atoms with Gasteiger partial charge in [0.1, 0.15) is 6.10 Å². The number of rotatable bonds is 2. The highest BCUT2D eigenvalue weighted by atomic mass is 16.5. The third-order valence-electron chi connectivity index (χ3n) is 3.76. The maximum Gasteiger partial charge on any atom is 0.221 e. The number of fused-ring (bicyclic) bond motifs is 1. The summed E-state index contributed by atoms with van der Waals surface area (Å²) in [7, 11) is 2.14. The Hall–Kier alpha value is -1.61. The standard InChI is InChI=1S/C15H18N2O/c1-11-9-13(10-17(11)2)18-15-14-6-4-3-5-12(14)7-8-16-15/h3-8,11,13H,9-10H2,1-2H3. The third kappa shape index (κ3) is 2.06. The molecule has 1 aliphatic heterocycles. The number of hydrogen-bond acceptors (Lipinski definition) is 3. The summed E-state index contributed by atoms with van der Waals surface area (Å²) >= 11 is 0. The van der Waals surface area contributed by atoms with Crippen molar-refractivity contribution in [2.45, 2.75) is 25.5 Å². The molecule has 3 nitrogen and oxygen atoms in total. The van der Waals surface area contributed by atoms with Crippen LogP contribution in [0.25, 0.3) is 10.8 Å². The predicted octanol–water partition coefficient (Wildman–Crippen LogP) is 2.71. The molecule has 2 atom stereocenters. The molecule has 0 saturated carbocycles. The molecule has 0 amide bonds. The monoisotopic (exact) mass is 242 g/mol. The predicted molar refractivity (Wildman–Crippen MR) is 72.9 cm³/mol. The molecule has 1 aromatic heterocycles. The van der Waals surface area contributed by atoms with E-state index in [4.69, 9.17) is 4.74 Å². The SMILES string of the molecule is CC1CC(Oc2nccc3ccccc23)CN1C. The van der Waals surface area contributed by atoms with Crippen LogP contribution in [0.2, 0.25) is 0 Å². The summed E-state index contributed by atoms with van der Waals surface area (Å²) in [5.74, 6) is 0.764. The molecule has 1 saturated heterocycles. The van der Waals surface area contributed by atoms with Crippen LogP contribution in [0.4, 0.5) is 0 Å². The summed E-state index contributed by atoms with van der Waals surface area (Å²) in [5, 5.41) is 2.28. The number of benzene rings is 1. The third-order valence-corrected chi connectivity index (χ3v) is 3.76. The first-order valence-corrected chi connectivity index (χ1v) is 6.44. The maximum atomic E-state index is 6.08. The van der Waals surface area contributed by atoms with Crippen LogP contribution in [-0.2, 0) is 0 Å². The zero-order chi connectivity index (χ0) is 12.5. The lowest BCUT2D eigenvalue weighted by Gasteiger charge is -2.14. The van der Waals surface area contributed by atoms with Gasteiger partial charge in [0.2, 0.25) is 5.88 Å². The quantitative estimate of drug-likeness (QED) is 0.809. The molecule has 0 radical (unpaired) electrons. The minimum Gasteiger partial charge on any atom is -0.472 e. The van der Waals surface area contributed by atoms with Crippen LogP contribution in [0.3, 0.4) is 0 Å². The number of pyridine rings is 1. The Labute approximate surface area is 107 Å². The zero-order valence-electron chi connectivity index (χ0n) is 10.8. The molecule has 1 fully saturated rings. The average molecular weight is 242 g/mol. The molecular formula is C15H18N2O. The van der Waals surface area contributed by atoms with Gasteiger partial charge in [-0.3, -0.25) is 4.90 Å². The highest BCUT2D eigenvalue weighted by molar-refractivity contribution is 5.86. The first-order chi connectivity index (χ1) is 8.74. The van der Waals surface area contributed by atoms with Gasteiger partial charge in [0, 0.05) is 30.6 Å². The van der Waals surface area contributed by atoms with E-state index in [0.717, 1.165) is 24.2 Å². The van der Waals surface area contributed by atoms with Crippen molar-refractivity contribution in [3.8, 4) is 5.88 Å². The number of likely N-dealkylation sites (N-methyl/N-ethyl adjacent to an activating group) is 1. The molecule has 94 valence electrons. The van der Waals surface area contributed by atoms with Gasteiger partial charge in [0.15, 0.2) is 0 Å². The van der Waals surface area contributed by atoms with E-state index in [9.17, 15) is 0 Å². The highest BCUT2D eigenvalue weighted by Crippen LogP contribution is 2.26. The van der Waals surface area contributed by atoms with Gasteiger partial charge in [0.25, 0.3) is 0 Å². The normalized spacial score (nSPS) is 24.6. The van der Waals surface area contributed by atoms with Crippen LogP contribution in [0, 0.1) is 0 Å². The minimum atomic E-state index is 0.253. The molecule has 0 bridgehead atoms. The average Bonchev–Trinajstić information content (AvgIpc) is 2.69. The van der Waals surface area contributed by atoms with Crippen molar-refractivity contribution >= 4 is 10.8 Å². The molecule has 18 heavy (non-hydrogen) atoms. The van der Waals surface area contributed by atoms with E-state index in [0.29, 0.717) is 6.04 Å². The molecular weight excluding hydrogens is 224 g/mol. The van der Waals surface area contributed by atoms with E-state index in [1.807, 2.05) is 24.4 Å². The van der Waals surface area contributed by atoms with Crippen LogP contribution in [-0.4, -0.2) is 35.6 Å². The summed E-state index contributed by atoms with van der Waals surface area (Å²) < 4.78 is 6.08. The van der Waals surface area contributed by atoms with Crippen molar-refractivity contribution < 1.29 is 4.74 Å². The van der Waals surface area contributed by atoms with Crippen LogP contribution < -0.4 is 4.74 Å². The Morgan fingerprint density at radius 3 is 2.89 bits per heavy atom. The topological polar surface area (TPSA) is 25.4 Å². The Kier molecular flexibility index (Phi) is 2.92. The molecule has 3 heteroatoms. The van der Waals surface area contributed by atoms with E-state index in [1.165, 1.54) is 5.39 Å². The lowest BCUT2D eigenvalue weighted by atomic mass is 10.2. The molecule has 3 rings (SSSR count). The van der Waals surface area contributed by atoms with Gasteiger partial charge < -0.3 is 4.74 Å². The number of hydrogen-bond donors (Lipinski definition) is 0. The van der Waals surface area contributed by atoms with Gasteiger partial charge >= 0.3 is 0 Å². The summed E-state index contributed by atoms with van der Waals surface area (Å²) in [6, 6.07) is 10.8. The Morgan fingerprint density at radius 2 is 2.11 bits per heavy atom. The van der Waals surface area contributed by atoms with Crippen molar-refractivity contribution in [1.82, 2.24) is 9.88 Å². The molecule has 1 aromatic carbocycles. The van der Waals surface area contributed by atoms with E-state index in [-0.39, 0.29) is 6.10 Å². The molecule has 0 spiro atoms. The molecule has 0 N–H and O–H groups in total. The minimum absolute atomic E-state index is 0.253. The fourth-order valence-corrected chi connectivity index (χ4v) is 2.57. The Balaban J connectivity index is 1.87. The van der Waals surface area contributed by atoms with Gasteiger partial charge in [-0.2, -0.15) is 0 Å². The van der Waals surface area contributed by atoms with E-state index in [2.05, 4.69) is 36.0 Å². The number of aromatic nitrogens is 1. The summed E-state index contributed by atoms with van der Waals surface area (Å²) in [6.07, 6.45) is 3.14. The van der Waals surface area contributed by atoms with E-state index < -0.39 is 0 Å². The highest BCUT2D eigenvalue weighted by Gasteiger charge is 2.28. The second-order valence-electron chi connectivity index (χ2n) is 5.10. The number of ether oxygens (including phenoxy) is 1. The molecule has 1 aliphatic rings. The lowest BCUT2D eigenvalue weighted by Crippen LogP contribution is -2.23. The molecule has 0 aliphatic carbocycles. The molecule has 2 heterocycles. The van der Waals surface area contributed by atoms with Gasteiger partial charge in [-0.15, -0.1) is 0 Å². The number of nitrogens with zero attached hydrogens (tertiary/aromatic N) is 2. The van der Waals surface area contributed by atoms with Gasteiger partial charge in [-0.1, -0.05) is 18.2 Å². The Morgan fingerprint density at radius 1 is 1.28 bits per heavy atom. The smallest absolute Gasteiger partial charge is 0.221 e. The van der Waals surface area contributed by atoms with Crippen molar-refractivity contribution in [3.05, 3.63) is 36.5 Å². The summed E-state index contributed by atoms with van der Waals surface area (Å²) in [4.78, 5) is 6.71. The lowest BCUT2D eigenvalue weighted by molar-refractivity contribution is 0.203. The van der Waals surface area contributed by atoms with Gasteiger partial charge in [-0.05, 0) is 31.5 Å². The fraction of sp³-hybridized carbons (Fsp3) is 0.400. The van der Waals surface area contributed by atoms with Gasteiger partial charge in [-0.25, -0.2) is 4.98 Å². The Bertz CT molecular complexity index is 540. The van der Waals surface area contributed by atoms with Crippen LogP contribution in [0.1, 0.15) is 13.3 Å². The first-order valence-electron chi connectivity index (χ1n) is 6.44. The van der Waals surface area contributed by atoms with Crippen LogP contribution in [0.5, 0.6) is 5.88 Å². The van der Waals surface area contributed by atoms with Crippen LogP contribution >= 0.6 is 0 Å². The maximum absolute atomic E-state index is 6.08. The first kappa shape index (κ1) is 11.5. The molecule has 2 unspecified atom stereocenters. The fourth-order valence-electron chi connectivity index (χ4n) is 2.57. The van der Waals surface area contributed by atoms with Crippen molar-refractivity contribution in [1.29, 1.82) is 0 Å².